The lowest BCUT2D eigenvalue weighted by molar-refractivity contribution is 0.102. The summed E-state index contributed by atoms with van der Waals surface area (Å²) in [6.45, 7) is 1.17. The van der Waals surface area contributed by atoms with Crippen LogP contribution in [0.2, 0.25) is 0 Å². The molecule has 1 aromatic carbocycles. The van der Waals surface area contributed by atoms with Crippen LogP contribution in [0.25, 0.3) is 0 Å². The van der Waals surface area contributed by atoms with Crippen molar-refractivity contribution in [3.63, 3.8) is 0 Å². The third-order valence-corrected chi connectivity index (χ3v) is 4.54. The first kappa shape index (κ1) is 18.2. The third kappa shape index (κ3) is 4.55. The van der Waals surface area contributed by atoms with E-state index in [0.29, 0.717) is 18.1 Å². The maximum Gasteiger partial charge on any atom is 0.276 e. The van der Waals surface area contributed by atoms with Gasteiger partial charge in [0.25, 0.3) is 5.91 Å². The van der Waals surface area contributed by atoms with Crippen molar-refractivity contribution in [1.29, 1.82) is 0 Å². The topological polar surface area (TPSA) is 82.6 Å². The van der Waals surface area contributed by atoms with Crippen LogP contribution in [0.3, 0.4) is 0 Å². The van der Waals surface area contributed by atoms with E-state index in [9.17, 15) is 4.79 Å². The minimum absolute atomic E-state index is 0.275. The van der Waals surface area contributed by atoms with E-state index in [-0.39, 0.29) is 5.91 Å². The number of carbonyl (C=O) groups excluding carboxylic acids is 1. The Morgan fingerprint density at radius 2 is 1.82 bits per heavy atom. The number of benzene rings is 1. The molecule has 3 aromatic heterocycles. The van der Waals surface area contributed by atoms with Crippen LogP contribution in [-0.4, -0.2) is 35.2 Å². The summed E-state index contributed by atoms with van der Waals surface area (Å²) in [4.78, 5) is 12.4. The molecular weight excluding hydrogens is 422 g/mol. The molecule has 0 spiro atoms. The quantitative estimate of drug-likeness (QED) is 0.479. The summed E-state index contributed by atoms with van der Waals surface area (Å²) in [6, 6.07) is 11.9. The molecule has 3 heterocycles. The fourth-order valence-corrected chi connectivity index (χ4v) is 3.09. The Labute approximate surface area is 169 Å². The van der Waals surface area contributed by atoms with Crippen LogP contribution in [0.15, 0.2) is 71.9 Å². The fraction of sp³-hybridized carbons (Fsp3) is 0.158. The number of aryl methyl sites for hydroxylation is 2. The van der Waals surface area contributed by atoms with Crippen LogP contribution >= 0.6 is 15.9 Å². The van der Waals surface area contributed by atoms with Gasteiger partial charge in [0.15, 0.2) is 5.69 Å². The van der Waals surface area contributed by atoms with E-state index in [1.807, 2.05) is 35.3 Å². The number of halogens is 1. The van der Waals surface area contributed by atoms with E-state index >= 15 is 0 Å². The minimum atomic E-state index is -0.275. The molecule has 4 rings (SSSR count). The van der Waals surface area contributed by atoms with E-state index in [1.54, 1.807) is 34.0 Å². The number of rotatable bonds is 7. The minimum Gasteiger partial charge on any atom is -0.318 e. The molecule has 0 aliphatic rings. The van der Waals surface area contributed by atoms with Gasteiger partial charge < -0.3 is 5.32 Å². The SMILES string of the molecule is O=C(Nc1cnn(CCc2ccccc2)c1)c1ccn(Cn2cc(Br)cn2)n1. The first-order chi connectivity index (χ1) is 13.7. The molecular formula is C19H18BrN7O. The van der Waals surface area contributed by atoms with Gasteiger partial charge in [0.2, 0.25) is 0 Å². The van der Waals surface area contributed by atoms with Gasteiger partial charge in [-0.25, -0.2) is 4.68 Å². The molecule has 9 heteroatoms. The van der Waals surface area contributed by atoms with Crippen LogP contribution in [-0.2, 0) is 19.6 Å². The van der Waals surface area contributed by atoms with Crippen molar-refractivity contribution in [1.82, 2.24) is 29.3 Å². The molecule has 0 aliphatic heterocycles. The lowest BCUT2D eigenvalue weighted by atomic mass is 10.1. The van der Waals surface area contributed by atoms with Crippen molar-refractivity contribution < 1.29 is 4.79 Å². The number of hydrogen-bond donors (Lipinski definition) is 1. The molecule has 0 bridgehead atoms. The molecule has 0 aliphatic carbocycles. The maximum absolute atomic E-state index is 12.4. The molecule has 0 fully saturated rings. The molecule has 1 N–H and O–H groups in total. The highest BCUT2D eigenvalue weighted by atomic mass is 79.9. The van der Waals surface area contributed by atoms with E-state index < -0.39 is 0 Å². The van der Waals surface area contributed by atoms with Gasteiger partial charge in [-0.1, -0.05) is 30.3 Å². The Hall–Kier alpha value is -3.20. The van der Waals surface area contributed by atoms with Crippen molar-refractivity contribution >= 4 is 27.5 Å². The summed E-state index contributed by atoms with van der Waals surface area (Å²) in [5.74, 6) is -0.275. The first-order valence-electron chi connectivity index (χ1n) is 8.75. The van der Waals surface area contributed by atoms with Gasteiger partial charge in [-0.2, -0.15) is 15.3 Å². The Balaban J connectivity index is 1.33. The second-order valence-electron chi connectivity index (χ2n) is 6.26. The Morgan fingerprint density at radius 1 is 1.00 bits per heavy atom. The van der Waals surface area contributed by atoms with Crippen LogP contribution in [0.1, 0.15) is 16.1 Å². The van der Waals surface area contributed by atoms with Crippen molar-refractivity contribution in [2.24, 2.45) is 0 Å². The zero-order valence-corrected chi connectivity index (χ0v) is 16.5. The molecule has 0 atom stereocenters. The monoisotopic (exact) mass is 439 g/mol. The molecule has 142 valence electrons. The number of aromatic nitrogens is 6. The van der Waals surface area contributed by atoms with Gasteiger partial charge in [-0.3, -0.25) is 14.2 Å². The molecule has 0 saturated heterocycles. The predicted molar refractivity (Wildman–Crippen MR) is 108 cm³/mol. The maximum atomic E-state index is 12.4. The van der Waals surface area contributed by atoms with E-state index in [2.05, 4.69) is 48.7 Å². The third-order valence-electron chi connectivity index (χ3n) is 4.13. The van der Waals surface area contributed by atoms with E-state index in [4.69, 9.17) is 0 Å². The summed E-state index contributed by atoms with van der Waals surface area (Å²) < 4.78 is 6.08. The lowest BCUT2D eigenvalue weighted by Crippen LogP contribution is -2.14. The second kappa shape index (κ2) is 8.22. The van der Waals surface area contributed by atoms with E-state index in [1.165, 1.54) is 5.56 Å². The number of hydrogen-bond acceptors (Lipinski definition) is 4. The normalized spacial score (nSPS) is 10.9. The molecule has 1 amide bonds. The van der Waals surface area contributed by atoms with Gasteiger partial charge in [0.1, 0.15) is 6.67 Å². The highest BCUT2D eigenvalue weighted by molar-refractivity contribution is 9.10. The van der Waals surface area contributed by atoms with Crippen LogP contribution in [0, 0.1) is 0 Å². The Kier molecular flexibility index (Phi) is 5.34. The molecule has 0 saturated carbocycles. The van der Waals surface area contributed by atoms with Gasteiger partial charge in [0.05, 0.1) is 22.6 Å². The molecule has 4 aromatic rings. The van der Waals surface area contributed by atoms with Crippen LogP contribution in [0.5, 0.6) is 0 Å². The average molecular weight is 440 g/mol. The van der Waals surface area contributed by atoms with Crippen molar-refractivity contribution in [2.45, 2.75) is 19.6 Å². The summed E-state index contributed by atoms with van der Waals surface area (Å²) >= 11 is 3.35. The average Bonchev–Trinajstić information content (AvgIpc) is 3.43. The van der Waals surface area contributed by atoms with Gasteiger partial charge >= 0.3 is 0 Å². The molecule has 0 radical (unpaired) electrons. The first-order valence-corrected chi connectivity index (χ1v) is 9.54. The van der Waals surface area contributed by atoms with Gasteiger partial charge in [-0.05, 0) is 34.0 Å². The number of anilines is 1. The summed E-state index contributed by atoms with van der Waals surface area (Å²) in [5, 5.41) is 15.6. The molecule has 8 nitrogen and oxygen atoms in total. The zero-order chi connectivity index (χ0) is 19.3. The Morgan fingerprint density at radius 3 is 2.61 bits per heavy atom. The molecule has 28 heavy (non-hydrogen) atoms. The smallest absolute Gasteiger partial charge is 0.276 e. The number of amides is 1. The highest BCUT2D eigenvalue weighted by Crippen LogP contribution is 2.10. The van der Waals surface area contributed by atoms with Gasteiger partial charge in [-0.15, -0.1) is 0 Å². The summed E-state index contributed by atoms with van der Waals surface area (Å²) in [5.41, 5.74) is 2.23. The lowest BCUT2D eigenvalue weighted by Gasteiger charge is -2.02. The molecule has 0 unspecified atom stereocenters. The summed E-state index contributed by atoms with van der Waals surface area (Å²) in [6.07, 6.45) is 9.62. The largest absolute Gasteiger partial charge is 0.318 e. The number of carbonyl (C=O) groups is 1. The van der Waals surface area contributed by atoms with E-state index in [0.717, 1.165) is 17.4 Å². The van der Waals surface area contributed by atoms with Crippen molar-refractivity contribution in [3.05, 3.63) is 83.1 Å². The zero-order valence-electron chi connectivity index (χ0n) is 14.9. The number of nitrogens with one attached hydrogen (secondary N) is 1. The van der Waals surface area contributed by atoms with Crippen LogP contribution < -0.4 is 5.32 Å². The standard InChI is InChI=1S/C19H18BrN7O/c20-16-10-21-27(12-16)14-26-9-7-18(24-26)19(28)23-17-11-22-25(13-17)8-6-15-4-2-1-3-5-15/h1-5,7,9-13H,6,8,14H2,(H,23,28). The second-order valence-corrected chi connectivity index (χ2v) is 7.18. The fourth-order valence-electron chi connectivity index (χ4n) is 2.76. The number of nitrogens with zero attached hydrogens (tertiary/aromatic N) is 6. The highest BCUT2D eigenvalue weighted by Gasteiger charge is 2.11. The summed E-state index contributed by atoms with van der Waals surface area (Å²) in [7, 11) is 0. The van der Waals surface area contributed by atoms with Crippen molar-refractivity contribution in [2.75, 3.05) is 5.32 Å². The Bertz CT molecular complexity index is 1070. The predicted octanol–water partition coefficient (Wildman–Crippen LogP) is 3.04. The van der Waals surface area contributed by atoms with Crippen LogP contribution in [0.4, 0.5) is 5.69 Å². The van der Waals surface area contributed by atoms with Crippen molar-refractivity contribution in [3.8, 4) is 0 Å². The van der Waals surface area contributed by atoms with Gasteiger partial charge in [0, 0.05) is 25.1 Å².